The normalized spacial score (nSPS) is 18.6. The molecule has 2 heterocycles. The van der Waals surface area contributed by atoms with Crippen LogP contribution in [0.4, 0.5) is 0 Å². The summed E-state index contributed by atoms with van der Waals surface area (Å²) < 4.78 is 27.6. The molecule has 5 nitrogen and oxygen atoms in total. The van der Waals surface area contributed by atoms with E-state index >= 15 is 0 Å². The van der Waals surface area contributed by atoms with Gasteiger partial charge in [0.1, 0.15) is 0 Å². The fourth-order valence-electron chi connectivity index (χ4n) is 2.40. The Balaban J connectivity index is 1.92. The second-order valence-electron chi connectivity index (χ2n) is 5.07. The smallest absolute Gasteiger partial charge is 0.251 e. The van der Waals surface area contributed by atoms with Crippen molar-refractivity contribution in [3.8, 4) is 0 Å². The molecule has 0 atom stereocenters. The van der Waals surface area contributed by atoms with Gasteiger partial charge in [0, 0.05) is 6.54 Å². The van der Waals surface area contributed by atoms with Gasteiger partial charge in [-0.1, -0.05) is 29.9 Å². The molecule has 1 fully saturated rings. The molecule has 0 bridgehead atoms. The first-order valence-corrected chi connectivity index (χ1v) is 9.45. The molecule has 1 aliphatic rings. The van der Waals surface area contributed by atoms with Gasteiger partial charge >= 0.3 is 0 Å². The number of piperidine rings is 1. The summed E-state index contributed by atoms with van der Waals surface area (Å²) in [6, 6.07) is 0. The van der Waals surface area contributed by atoms with E-state index in [1.54, 1.807) is 6.92 Å². The lowest BCUT2D eigenvalue weighted by Crippen LogP contribution is -2.38. The zero-order chi connectivity index (χ0) is 14.8. The minimum atomic E-state index is -3.48. The van der Waals surface area contributed by atoms with Crippen LogP contribution >= 0.6 is 22.9 Å². The largest absolute Gasteiger partial charge is 0.304 e. The molecule has 0 spiro atoms. The zero-order valence-corrected chi connectivity index (χ0v) is 14.1. The Morgan fingerprint density at radius 1 is 1.45 bits per heavy atom. The molecule has 1 saturated heterocycles. The Hall–Kier alpha value is -0.210. The Morgan fingerprint density at radius 2 is 2.10 bits per heavy atom. The summed E-state index contributed by atoms with van der Waals surface area (Å²) in [6.45, 7) is 7.48. The minimum absolute atomic E-state index is 0.230. The Morgan fingerprint density at radius 3 is 2.60 bits per heavy atom. The van der Waals surface area contributed by atoms with Crippen LogP contribution in [0, 0.1) is 12.8 Å². The molecule has 1 aliphatic heterocycles. The van der Waals surface area contributed by atoms with Crippen LogP contribution in [0.25, 0.3) is 0 Å². The first kappa shape index (κ1) is 16.2. The maximum Gasteiger partial charge on any atom is 0.251 e. The van der Waals surface area contributed by atoms with Crippen molar-refractivity contribution < 1.29 is 8.42 Å². The average molecular weight is 338 g/mol. The lowest BCUT2D eigenvalue weighted by atomic mass is 9.97. The number of sulfonamides is 1. The highest BCUT2D eigenvalue weighted by molar-refractivity contribution is 7.91. The number of aromatic nitrogens is 1. The van der Waals surface area contributed by atoms with Crippen LogP contribution in [-0.4, -0.2) is 44.5 Å². The zero-order valence-electron chi connectivity index (χ0n) is 11.7. The number of likely N-dealkylation sites (tertiary alicyclic amines) is 1. The number of rotatable bonds is 5. The number of hydrogen-bond acceptors (Lipinski definition) is 5. The topological polar surface area (TPSA) is 62.3 Å². The van der Waals surface area contributed by atoms with E-state index in [9.17, 15) is 8.42 Å². The van der Waals surface area contributed by atoms with Crippen LogP contribution in [0.3, 0.4) is 0 Å². The second-order valence-corrected chi connectivity index (χ2v) is 8.61. The molecule has 114 valence electrons. The third-order valence-electron chi connectivity index (χ3n) is 3.69. The predicted molar refractivity (Wildman–Crippen MR) is 81.9 cm³/mol. The molecule has 0 aliphatic carbocycles. The summed E-state index contributed by atoms with van der Waals surface area (Å²) in [5, 5.41) is 0. The van der Waals surface area contributed by atoms with Crippen LogP contribution in [0.2, 0.25) is 4.47 Å². The summed E-state index contributed by atoms with van der Waals surface area (Å²) in [7, 11) is -3.48. The molecule has 0 saturated carbocycles. The van der Waals surface area contributed by atoms with Crippen molar-refractivity contribution in [1.29, 1.82) is 0 Å². The summed E-state index contributed by atoms with van der Waals surface area (Å²) in [5.41, 5.74) is 0.466. The predicted octanol–water partition coefficient (Wildman–Crippen LogP) is 2.12. The molecule has 0 unspecified atom stereocenters. The maximum atomic E-state index is 12.2. The molecule has 1 N–H and O–H groups in total. The highest BCUT2D eigenvalue weighted by Crippen LogP contribution is 2.27. The first-order valence-electron chi connectivity index (χ1n) is 6.77. The van der Waals surface area contributed by atoms with Gasteiger partial charge in [-0.15, -0.1) is 0 Å². The van der Waals surface area contributed by atoms with E-state index in [0.29, 0.717) is 18.2 Å². The van der Waals surface area contributed by atoms with Crippen molar-refractivity contribution in [3.05, 3.63) is 10.2 Å². The standard InChI is InChI=1S/C12H20ClN3O2S2/c1-3-16-6-4-10(5-7-16)8-14-20(17,18)11-9(2)15-12(13)19-11/h10,14H,3-8H2,1-2H3. The number of aryl methyl sites for hydroxylation is 1. The second kappa shape index (κ2) is 6.70. The molecule has 0 aromatic carbocycles. The fraction of sp³-hybridized carbons (Fsp3) is 0.750. The first-order chi connectivity index (χ1) is 9.42. The van der Waals surface area contributed by atoms with Crippen molar-refractivity contribution >= 4 is 33.0 Å². The molecule has 0 radical (unpaired) electrons. The van der Waals surface area contributed by atoms with Gasteiger partial charge in [0.05, 0.1) is 5.69 Å². The van der Waals surface area contributed by atoms with Gasteiger partial charge in [-0.05, 0) is 45.3 Å². The van der Waals surface area contributed by atoms with Crippen LogP contribution in [-0.2, 0) is 10.0 Å². The quantitative estimate of drug-likeness (QED) is 0.894. The lowest BCUT2D eigenvalue weighted by molar-refractivity contribution is 0.194. The van der Waals surface area contributed by atoms with Crippen molar-refractivity contribution in [2.24, 2.45) is 5.92 Å². The number of hydrogen-bond donors (Lipinski definition) is 1. The molecule has 2 rings (SSSR count). The summed E-state index contributed by atoms with van der Waals surface area (Å²) in [5.74, 6) is 0.413. The van der Waals surface area contributed by atoms with Gasteiger partial charge < -0.3 is 4.90 Å². The Kier molecular flexibility index (Phi) is 5.42. The van der Waals surface area contributed by atoms with Crippen LogP contribution in [0.15, 0.2) is 4.21 Å². The van der Waals surface area contributed by atoms with Gasteiger partial charge in [-0.2, -0.15) is 0 Å². The molecular weight excluding hydrogens is 318 g/mol. The number of halogens is 1. The third kappa shape index (κ3) is 3.92. The van der Waals surface area contributed by atoms with Crippen molar-refractivity contribution in [1.82, 2.24) is 14.6 Å². The van der Waals surface area contributed by atoms with Gasteiger partial charge in [0.2, 0.25) is 0 Å². The highest BCUT2D eigenvalue weighted by atomic mass is 35.5. The van der Waals surface area contributed by atoms with E-state index in [-0.39, 0.29) is 8.68 Å². The Bertz CT molecular complexity index is 551. The monoisotopic (exact) mass is 337 g/mol. The summed E-state index contributed by atoms with van der Waals surface area (Å²) in [6.07, 6.45) is 2.08. The summed E-state index contributed by atoms with van der Waals surface area (Å²) in [4.78, 5) is 6.34. The average Bonchev–Trinajstić information content (AvgIpc) is 2.77. The SMILES string of the molecule is CCN1CCC(CNS(=O)(=O)c2sc(Cl)nc2C)CC1. The number of nitrogens with zero attached hydrogens (tertiary/aromatic N) is 2. The van der Waals surface area contributed by atoms with Gasteiger partial charge in [0.25, 0.3) is 10.0 Å². The molecular formula is C12H20ClN3O2S2. The summed E-state index contributed by atoms with van der Waals surface area (Å²) >= 11 is 6.77. The van der Waals surface area contributed by atoms with E-state index in [1.807, 2.05) is 0 Å². The maximum absolute atomic E-state index is 12.2. The van der Waals surface area contributed by atoms with E-state index < -0.39 is 10.0 Å². The Labute approximate surface area is 129 Å². The van der Waals surface area contributed by atoms with Crippen LogP contribution < -0.4 is 4.72 Å². The minimum Gasteiger partial charge on any atom is -0.304 e. The molecule has 1 aromatic heterocycles. The number of thiazole rings is 1. The van der Waals surface area contributed by atoms with Crippen LogP contribution in [0.5, 0.6) is 0 Å². The number of nitrogens with one attached hydrogen (secondary N) is 1. The van der Waals surface area contributed by atoms with E-state index in [4.69, 9.17) is 11.6 Å². The van der Waals surface area contributed by atoms with Crippen LogP contribution in [0.1, 0.15) is 25.5 Å². The van der Waals surface area contributed by atoms with E-state index in [2.05, 4.69) is 21.5 Å². The van der Waals surface area contributed by atoms with Crippen molar-refractivity contribution in [2.45, 2.75) is 30.9 Å². The molecule has 1 aromatic rings. The van der Waals surface area contributed by atoms with E-state index in [0.717, 1.165) is 43.8 Å². The van der Waals surface area contributed by atoms with Gasteiger partial charge in [-0.25, -0.2) is 18.1 Å². The van der Waals surface area contributed by atoms with Gasteiger partial charge in [-0.3, -0.25) is 0 Å². The fourth-order valence-corrected chi connectivity index (χ4v) is 5.30. The molecule has 0 amide bonds. The third-order valence-corrected chi connectivity index (χ3v) is 6.98. The highest BCUT2D eigenvalue weighted by Gasteiger charge is 2.24. The van der Waals surface area contributed by atoms with Crippen molar-refractivity contribution in [3.63, 3.8) is 0 Å². The van der Waals surface area contributed by atoms with E-state index in [1.165, 1.54) is 0 Å². The van der Waals surface area contributed by atoms with Crippen molar-refractivity contribution in [2.75, 3.05) is 26.2 Å². The molecule has 8 heteroatoms. The molecule has 20 heavy (non-hydrogen) atoms. The van der Waals surface area contributed by atoms with Gasteiger partial charge in [0.15, 0.2) is 8.68 Å². The lowest BCUT2D eigenvalue weighted by Gasteiger charge is -2.30.